The Hall–Kier alpha value is -4.16. The number of H-pyrrole nitrogens is 1. The van der Waals surface area contributed by atoms with Crippen molar-refractivity contribution in [3.05, 3.63) is 101 Å². The third kappa shape index (κ3) is 5.18. The zero-order valence-corrected chi connectivity index (χ0v) is 25.1. The number of hydrogen-bond acceptors (Lipinski definition) is 6. The van der Waals surface area contributed by atoms with Crippen LogP contribution in [0.4, 0.5) is 10.1 Å². The molecule has 0 bridgehead atoms. The highest BCUT2D eigenvalue weighted by Gasteiger charge is 2.43. The second-order valence-corrected chi connectivity index (χ2v) is 15.1. The van der Waals surface area contributed by atoms with Crippen molar-refractivity contribution >= 4 is 36.6 Å². The maximum Gasteiger partial charge on any atom is 0.273 e. The quantitative estimate of drug-likeness (QED) is 0.251. The Labute approximate surface area is 248 Å². The van der Waals surface area contributed by atoms with Gasteiger partial charge in [-0.25, -0.2) is 25.2 Å². The first-order valence-electron chi connectivity index (χ1n) is 13.8. The lowest BCUT2D eigenvalue weighted by Gasteiger charge is -2.31. The third-order valence-corrected chi connectivity index (χ3v) is 12.0. The number of ether oxygens (including phenoxy) is 1. The lowest BCUT2D eigenvalue weighted by molar-refractivity contribution is 0.301. The van der Waals surface area contributed by atoms with Crippen molar-refractivity contribution in [1.29, 1.82) is 0 Å². The van der Waals surface area contributed by atoms with Gasteiger partial charge in [0.05, 0.1) is 11.5 Å². The summed E-state index contributed by atoms with van der Waals surface area (Å²) in [5.41, 5.74) is 0.905. The maximum absolute atomic E-state index is 14.0. The van der Waals surface area contributed by atoms with E-state index in [0.29, 0.717) is 40.4 Å². The van der Waals surface area contributed by atoms with Crippen LogP contribution in [0.25, 0.3) is 22.0 Å². The van der Waals surface area contributed by atoms with Crippen molar-refractivity contribution in [3.8, 4) is 16.9 Å². The average molecular weight is 624 g/mol. The van der Waals surface area contributed by atoms with Crippen LogP contribution in [0.15, 0.2) is 94.4 Å². The molecule has 2 aromatic carbocycles. The number of rotatable bonds is 9. The molecule has 43 heavy (non-hydrogen) atoms. The fourth-order valence-corrected chi connectivity index (χ4v) is 8.11. The smallest absolute Gasteiger partial charge is 0.273 e. The fourth-order valence-electron chi connectivity index (χ4n) is 5.17. The van der Waals surface area contributed by atoms with Crippen LogP contribution in [0, 0.1) is 11.7 Å². The van der Waals surface area contributed by atoms with Crippen molar-refractivity contribution in [2.24, 2.45) is 5.92 Å². The highest BCUT2D eigenvalue weighted by Crippen LogP contribution is 2.40. The van der Waals surface area contributed by atoms with Gasteiger partial charge < -0.3 is 9.72 Å². The van der Waals surface area contributed by atoms with Gasteiger partial charge in [0.1, 0.15) is 21.8 Å². The standard InChI is InChI=1S/C31H30FN3O6S2/c1-20-5-3-4-15-31(20,2)43(39,40)35-16-14-25-27(18-33-30(36)29(25)35)26-17-24(12-13-28(26)41-19-21-6-7-21)42(37,38)34-23-10-8-22(32)9-11-23/h3-5,8-14,16-18,21,34H,6-7,15,19H2,1-2H3,(H,33,36). The van der Waals surface area contributed by atoms with Crippen LogP contribution in [0.5, 0.6) is 5.75 Å². The molecule has 2 aromatic heterocycles. The molecule has 224 valence electrons. The number of halogens is 1. The maximum atomic E-state index is 14.0. The first kappa shape index (κ1) is 28.9. The van der Waals surface area contributed by atoms with Gasteiger partial charge in [-0.05, 0) is 87.6 Å². The molecule has 0 saturated heterocycles. The molecule has 1 unspecified atom stereocenters. The molecule has 6 rings (SSSR count). The number of aromatic amines is 1. The van der Waals surface area contributed by atoms with E-state index in [0.717, 1.165) is 28.9 Å². The number of fused-ring (bicyclic) bond motifs is 1. The topological polar surface area (TPSA) is 127 Å². The average Bonchev–Trinajstić information content (AvgIpc) is 3.69. The van der Waals surface area contributed by atoms with E-state index in [4.69, 9.17) is 4.74 Å². The van der Waals surface area contributed by atoms with E-state index in [1.807, 2.05) is 0 Å². The van der Waals surface area contributed by atoms with E-state index >= 15 is 0 Å². The van der Waals surface area contributed by atoms with Gasteiger partial charge in [-0.1, -0.05) is 23.8 Å². The minimum Gasteiger partial charge on any atom is -0.493 e. The zero-order valence-electron chi connectivity index (χ0n) is 23.5. The number of hydrogen-bond donors (Lipinski definition) is 2. The molecule has 0 spiro atoms. The summed E-state index contributed by atoms with van der Waals surface area (Å²) in [6.45, 7) is 3.82. The molecule has 0 amide bonds. The van der Waals surface area contributed by atoms with Gasteiger partial charge in [-0.15, -0.1) is 0 Å². The Kier molecular flexibility index (Phi) is 7.09. The minimum absolute atomic E-state index is 0.0769. The lowest BCUT2D eigenvalue weighted by atomic mass is 9.94. The summed E-state index contributed by atoms with van der Waals surface area (Å²) in [6.07, 6.45) is 10.4. The number of nitrogens with one attached hydrogen (secondary N) is 2. The molecule has 0 aliphatic heterocycles. The summed E-state index contributed by atoms with van der Waals surface area (Å²) in [6, 6.07) is 10.8. The van der Waals surface area contributed by atoms with E-state index in [1.165, 1.54) is 36.7 Å². The SMILES string of the molecule is CC1=CC=CCC1(C)S(=O)(=O)n1ccc2c(-c3cc(S(=O)(=O)Nc4ccc(F)cc4)ccc3OCC3CC3)c[nH]c(=O)c21. The number of benzene rings is 2. The predicted molar refractivity (Wildman–Crippen MR) is 164 cm³/mol. The molecular formula is C31H30FN3O6S2. The number of sulfonamides is 1. The van der Waals surface area contributed by atoms with Crippen LogP contribution in [0.1, 0.15) is 33.1 Å². The van der Waals surface area contributed by atoms with Crippen LogP contribution in [-0.2, 0) is 20.0 Å². The largest absolute Gasteiger partial charge is 0.493 e. The molecular weight excluding hydrogens is 593 g/mol. The molecule has 1 fully saturated rings. The van der Waals surface area contributed by atoms with Gasteiger partial charge >= 0.3 is 0 Å². The van der Waals surface area contributed by atoms with Crippen LogP contribution >= 0.6 is 0 Å². The minimum atomic E-state index is -4.11. The Morgan fingerprint density at radius 2 is 1.81 bits per heavy atom. The second kappa shape index (κ2) is 10.5. The number of anilines is 1. The van der Waals surface area contributed by atoms with E-state index in [1.54, 1.807) is 44.2 Å². The normalized spacial score (nSPS) is 18.9. The molecule has 2 aliphatic rings. The molecule has 4 aromatic rings. The number of aromatic nitrogens is 2. The van der Waals surface area contributed by atoms with E-state index in [9.17, 15) is 26.0 Å². The van der Waals surface area contributed by atoms with Gasteiger partial charge in [0, 0.05) is 34.6 Å². The zero-order chi connectivity index (χ0) is 30.6. The lowest BCUT2D eigenvalue weighted by Crippen LogP contribution is -2.41. The summed E-state index contributed by atoms with van der Waals surface area (Å²) in [7, 11) is -8.21. The van der Waals surface area contributed by atoms with Gasteiger partial charge in [-0.2, -0.15) is 0 Å². The van der Waals surface area contributed by atoms with Gasteiger partial charge in [0.2, 0.25) is 10.0 Å². The Bertz CT molecular complexity index is 2080. The van der Waals surface area contributed by atoms with Gasteiger partial charge in [0.15, 0.2) is 0 Å². The second-order valence-electron chi connectivity index (χ2n) is 11.1. The van der Waals surface area contributed by atoms with E-state index < -0.39 is 36.2 Å². The Morgan fingerprint density at radius 3 is 2.51 bits per heavy atom. The molecule has 2 aliphatic carbocycles. The van der Waals surface area contributed by atoms with Crippen molar-refractivity contribution in [2.75, 3.05) is 11.3 Å². The van der Waals surface area contributed by atoms with Crippen LogP contribution in [-0.4, -0.2) is 37.1 Å². The van der Waals surface area contributed by atoms with Crippen LogP contribution < -0.4 is 15.0 Å². The summed E-state index contributed by atoms with van der Waals surface area (Å²) >= 11 is 0. The molecule has 0 radical (unpaired) electrons. The molecule has 2 heterocycles. The first-order valence-corrected chi connectivity index (χ1v) is 16.7. The first-order chi connectivity index (χ1) is 20.4. The van der Waals surface area contributed by atoms with Gasteiger partial charge in [-0.3, -0.25) is 9.52 Å². The van der Waals surface area contributed by atoms with Crippen molar-refractivity contribution in [3.63, 3.8) is 0 Å². The summed E-state index contributed by atoms with van der Waals surface area (Å²) < 4.78 is 76.4. The monoisotopic (exact) mass is 623 g/mol. The molecule has 1 saturated carbocycles. The molecule has 12 heteroatoms. The van der Waals surface area contributed by atoms with Crippen LogP contribution in [0.2, 0.25) is 0 Å². The Balaban J connectivity index is 1.49. The summed E-state index contributed by atoms with van der Waals surface area (Å²) in [5.74, 6) is 0.290. The van der Waals surface area contributed by atoms with Crippen molar-refractivity contribution < 1.29 is 26.0 Å². The highest BCUT2D eigenvalue weighted by atomic mass is 32.2. The number of allylic oxidation sites excluding steroid dienone is 3. The number of pyridine rings is 1. The van der Waals surface area contributed by atoms with Gasteiger partial charge in [0.25, 0.3) is 15.6 Å². The van der Waals surface area contributed by atoms with E-state index in [2.05, 4.69) is 9.71 Å². The van der Waals surface area contributed by atoms with Crippen molar-refractivity contribution in [1.82, 2.24) is 8.96 Å². The number of nitrogens with zero attached hydrogens (tertiary/aromatic N) is 1. The highest BCUT2D eigenvalue weighted by molar-refractivity contribution is 7.92. The molecule has 9 nitrogen and oxygen atoms in total. The molecule has 2 N–H and O–H groups in total. The third-order valence-electron chi connectivity index (χ3n) is 8.18. The fraction of sp³-hybridized carbons (Fsp3) is 0.258. The summed E-state index contributed by atoms with van der Waals surface area (Å²) in [5, 5.41) is 0.321. The van der Waals surface area contributed by atoms with Crippen molar-refractivity contribution in [2.45, 2.75) is 42.8 Å². The summed E-state index contributed by atoms with van der Waals surface area (Å²) in [4.78, 5) is 15.7. The van der Waals surface area contributed by atoms with Crippen LogP contribution in [0.3, 0.4) is 0 Å². The Morgan fingerprint density at radius 1 is 1.07 bits per heavy atom. The molecule has 1 atom stereocenters. The van der Waals surface area contributed by atoms with E-state index in [-0.39, 0.29) is 22.5 Å². The predicted octanol–water partition coefficient (Wildman–Crippen LogP) is 5.57.